The summed E-state index contributed by atoms with van der Waals surface area (Å²) < 4.78 is 40.6. The molecule has 0 aromatic heterocycles. The molecule has 2 aromatic carbocycles. The second-order valence-electron chi connectivity index (χ2n) is 6.71. The van der Waals surface area contributed by atoms with Gasteiger partial charge in [-0.05, 0) is 49.4 Å². The lowest BCUT2D eigenvalue weighted by Gasteiger charge is -2.37. The van der Waals surface area contributed by atoms with Gasteiger partial charge in [0.2, 0.25) is 15.9 Å². The summed E-state index contributed by atoms with van der Waals surface area (Å²) >= 11 is 11.8. The van der Waals surface area contributed by atoms with Crippen LogP contribution >= 0.6 is 23.2 Å². The van der Waals surface area contributed by atoms with Crippen LogP contribution < -0.4 is 9.62 Å². The summed E-state index contributed by atoms with van der Waals surface area (Å²) in [5, 5.41) is 0.250. The molecule has 1 saturated heterocycles. The first-order valence-corrected chi connectivity index (χ1v) is 11.2. The Morgan fingerprint density at radius 1 is 1.07 bits per heavy atom. The maximum Gasteiger partial charge on any atom is 0.242 e. The Hall–Kier alpha value is -1.87. The van der Waals surface area contributed by atoms with Gasteiger partial charge in [0.1, 0.15) is 10.7 Å². The van der Waals surface area contributed by atoms with Crippen LogP contribution in [0.5, 0.6) is 0 Å². The Labute approximate surface area is 179 Å². The highest BCUT2D eigenvalue weighted by atomic mass is 35.5. The molecule has 3 rings (SSSR count). The topological polar surface area (TPSA) is 69.7 Å². The molecule has 0 aliphatic carbocycles. The number of nitrogens with zero attached hydrogens (tertiary/aromatic N) is 2. The van der Waals surface area contributed by atoms with Gasteiger partial charge in [0.25, 0.3) is 0 Å². The van der Waals surface area contributed by atoms with E-state index in [2.05, 4.69) is 4.72 Å². The van der Waals surface area contributed by atoms with Crippen LogP contribution in [-0.2, 0) is 14.8 Å². The number of hydrogen-bond acceptors (Lipinski definition) is 4. The lowest BCUT2D eigenvalue weighted by molar-refractivity contribution is -0.132. The first kappa shape index (κ1) is 21.8. The van der Waals surface area contributed by atoms with Gasteiger partial charge in [-0.3, -0.25) is 4.79 Å². The number of amides is 1. The Bertz CT molecular complexity index is 994. The van der Waals surface area contributed by atoms with Crippen LogP contribution in [0.4, 0.5) is 10.1 Å². The number of piperazine rings is 1. The van der Waals surface area contributed by atoms with Gasteiger partial charge >= 0.3 is 0 Å². The summed E-state index contributed by atoms with van der Waals surface area (Å²) in [6, 6.07) is 9.32. The average molecular weight is 460 g/mol. The fourth-order valence-electron chi connectivity index (χ4n) is 3.14. The Morgan fingerprint density at radius 2 is 1.69 bits per heavy atom. The van der Waals surface area contributed by atoms with Crippen molar-refractivity contribution in [2.75, 3.05) is 31.1 Å². The average Bonchev–Trinajstić information content (AvgIpc) is 2.69. The van der Waals surface area contributed by atoms with E-state index in [4.69, 9.17) is 23.2 Å². The van der Waals surface area contributed by atoms with Gasteiger partial charge in [-0.1, -0.05) is 23.2 Å². The fraction of sp³-hybridized carbons (Fsp3) is 0.316. The third-order valence-electron chi connectivity index (χ3n) is 4.67. The standard InChI is InChI=1S/C19H20Cl2FN3O3S/c1-13(23-29(27,28)18-12-14(20)2-7-17(18)21)19(26)25-10-8-24(9-11-25)16-5-3-15(22)4-6-16/h2-7,12-13,23H,8-11H2,1H3/t13-/m1/s1. The maximum absolute atomic E-state index is 13.1. The van der Waals surface area contributed by atoms with Crippen LogP contribution in [-0.4, -0.2) is 51.4 Å². The molecule has 156 valence electrons. The van der Waals surface area contributed by atoms with E-state index >= 15 is 0 Å². The first-order valence-electron chi connectivity index (χ1n) is 8.94. The molecule has 1 amide bonds. The van der Waals surface area contributed by atoms with Crippen molar-refractivity contribution in [3.63, 3.8) is 0 Å². The molecule has 1 heterocycles. The summed E-state index contributed by atoms with van der Waals surface area (Å²) in [7, 11) is -4.01. The molecule has 1 fully saturated rings. The highest BCUT2D eigenvalue weighted by Crippen LogP contribution is 2.25. The van der Waals surface area contributed by atoms with Crippen molar-refractivity contribution in [3.05, 3.63) is 58.3 Å². The van der Waals surface area contributed by atoms with Crippen molar-refractivity contribution in [3.8, 4) is 0 Å². The largest absolute Gasteiger partial charge is 0.368 e. The maximum atomic E-state index is 13.1. The molecular weight excluding hydrogens is 440 g/mol. The lowest BCUT2D eigenvalue weighted by Crippen LogP contribution is -2.54. The number of rotatable bonds is 5. The van der Waals surface area contributed by atoms with Crippen molar-refractivity contribution in [2.45, 2.75) is 17.9 Å². The molecule has 0 unspecified atom stereocenters. The highest BCUT2D eigenvalue weighted by Gasteiger charge is 2.29. The minimum Gasteiger partial charge on any atom is -0.368 e. The minimum atomic E-state index is -4.01. The molecule has 1 N–H and O–H groups in total. The van der Waals surface area contributed by atoms with Crippen LogP contribution in [0.2, 0.25) is 10.0 Å². The molecule has 29 heavy (non-hydrogen) atoms. The number of carbonyl (C=O) groups is 1. The van der Waals surface area contributed by atoms with Gasteiger partial charge in [-0.15, -0.1) is 0 Å². The van der Waals surface area contributed by atoms with Gasteiger partial charge in [0.05, 0.1) is 11.1 Å². The Morgan fingerprint density at radius 3 is 2.31 bits per heavy atom. The monoisotopic (exact) mass is 459 g/mol. The van der Waals surface area contributed by atoms with E-state index in [-0.39, 0.29) is 26.7 Å². The molecule has 0 bridgehead atoms. The quantitative estimate of drug-likeness (QED) is 0.745. The summed E-state index contributed by atoms with van der Waals surface area (Å²) in [4.78, 5) is 16.2. The van der Waals surface area contributed by atoms with E-state index in [0.717, 1.165) is 5.69 Å². The molecule has 2 aromatic rings. The van der Waals surface area contributed by atoms with Crippen molar-refractivity contribution in [1.82, 2.24) is 9.62 Å². The van der Waals surface area contributed by atoms with E-state index in [0.29, 0.717) is 26.2 Å². The number of halogens is 3. The van der Waals surface area contributed by atoms with Gasteiger partial charge in [-0.2, -0.15) is 4.72 Å². The van der Waals surface area contributed by atoms with Crippen molar-refractivity contribution < 1.29 is 17.6 Å². The predicted octanol–water partition coefficient (Wildman–Crippen LogP) is 3.15. The number of benzene rings is 2. The zero-order valence-corrected chi connectivity index (χ0v) is 17.9. The third-order valence-corrected chi connectivity index (χ3v) is 6.93. The number of sulfonamides is 1. The molecule has 10 heteroatoms. The smallest absolute Gasteiger partial charge is 0.242 e. The van der Waals surface area contributed by atoms with E-state index in [1.54, 1.807) is 17.0 Å². The van der Waals surface area contributed by atoms with Crippen molar-refractivity contribution in [1.29, 1.82) is 0 Å². The summed E-state index contributed by atoms with van der Waals surface area (Å²) in [6.07, 6.45) is 0. The fourth-order valence-corrected chi connectivity index (χ4v) is 5.10. The molecule has 1 aliphatic rings. The van der Waals surface area contributed by atoms with Crippen molar-refractivity contribution in [2.24, 2.45) is 0 Å². The van der Waals surface area contributed by atoms with E-state index < -0.39 is 16.1 Å². The Balaban J connectivity index is 1.62. The number of anilines is 1. The van der Waals surface area contributed by atoms with Crippen molar-refractivity contribution >= 4 is 44.8 Å². The predicted molar refractivity (Wildman–Crippen MR) is 111 cm³/mol. The summed E-state index contributed by atoms with van der Waals surface area (Å²) in [5.41, 5.74) is 0.878. The van der Waals surface area contributed by atoms with Gasteiger partial charge in [0.15, 0.2) is 0 Å². The highest BCUT2D eigenvalue weighted by molar-refractivity contribution is 7.89. The number of nitrogens with one attached hydrogen (secondary N) is 1. The zero-order chi connectivity index (χ0) is 21.2. The first-order chi connectivity index (χ1) is 13.7. The third kappa shape index (κ3) is 5.19. The van der Waals surface area contributed by atoms with Gasteiger partial charge < -0.3 is 9.80 Å². The molecule has 1 aliphatic heterocycles. The molecule has 0 saturated carbocycles. The number of hydrogen-bond donors (Lipinski definition) is 1. The molecule has 1 atom stereocenters. The van der Waals surface area contributed by atoms with E-state index in [1.807, 2.05) is 4.90 Å². The normalized spacial score (nSPS) is 16.0. The van der Waals surface area contributed by atoms with E-state index in [9.17, 15) is 17.6 Å². The summed E-state index contributed by atoms with van der Waals surface area (Å²) in [5.74, 6) is -0.631. The molecular formula is C19H20Cl2FN3O3S. The van der Waals surface area contributed by atoms with Crippen LogP contribution in [0.15, 0.2) is 47.4 Å². The van der Waals surface area contributed by atoms with Gasteiger partial charge in [0, 0.05) is 36.9 Å². The second kappa shape index (κ2) is 8.87. The van der Waals surface area contributed by atoms with Gasteiger partial charge in [-0.25, -0.2) is 12.8 Å². The number of carbonyl (C=O) groups excluding carboxylic acids is 1. The van der Waals surface area contributed by atoms with Crippen LogP contribution in [0.1, 0.15) is 6.92 Å². The summed E-state index contributed by atoms with van der Waals surface area (Å²) in [6.45, 7) is 3.49. The van der Waals surface area contributed by atoms with E-state index in [1.165, 1.54) is 37.3 Å². The molecule has 6 nitrogen and oxygen atoms in total. The molecule has 0 spiro atoms. The zero-order valence-electron chi connectivity index (χ0n) is 15.6. The van der Waals surface area contributed by atoms with Crippen LogP contribution in [0, 0.1) is 5.82 Å². The minimum absolute atomic E-state index is 0.0226. The lowest BCUT2D eigenvalue weighted by atomic mass is 10.2. The van der Waals surface area contributed by atoms with Crippen LogP contribution in [0.3, 0.4) is 0 Å². The SMILES string of the molecule is C[C@@H](NS(=O)(=O)c1cc(Cl)ccc1Cl)C(=O)N1CCN(c2ccc(F)cc2)CC1. The Kier molecular flexibility index (Phi) is 6.68. The second-order valence-corrected chi connectivity index (χ2v) is 9.23. The molecule has 0 radical (unpaired) electrons. The van der Waals surface area contributed by atoms with Crippen LogP contribution in [0.25, 0.3) is 0 Å².